The number of nitrogens with zero attached hydrogens (tertiary/aromatic N) is 2. The molecule has 0 bridgehead atoms. The molecule has 0 spiro atoms. The van der Waals surface area contributed by atoms with Gasteiger partial charge in [-0.15, -0.1) is 0 Å². The van der Waals surface area contributed by atoms with Crippen LogP contribution in [0.1, 0.15) is 148 Å². The van der Waals surface area contributed by atoms with Crippen LogP contribution >= 0.6 is 0 Å². The summed E-state index contributed by atoms with van der Waals surface area (Å²) in [6.07, 6.45) is 28.4. The number of rotatable bonds is 23. The summed E-state index contributed by atoms with van der Waals surface area (Å²) in [5.74, 6) is -0.391. The third-order valence-electron chi connectivity index (χ3n) is 7.44. The van der Waals surface area contributed by atoms with Gasteiger partial charge in [0.2, 0.25) is 5.85 Å². The molecule has 1 unspecified atom stereocenters. The molecule has 4 heteroatoms. The van der Waals surface area contributed by atoms with E-state index in [4.69, 9.17) is 4.74 Å². The van der Waals surface area contributed by atoms with E-state index >= 15 is 0 Å². The van der Waals surface area contributed by atoms with Crippen LogP contribution in [-0.4, -0.2) is 15.8 Å². The van der Waals surface area contributed by atoms with E-state index in [1.807, 2.05) is 36.7 Å². The molecule has 1 heterocycles. The second kappa shape index (κ2) is 20.0. The molecule has 38 heavy (non-hydrogen) atoms. The number of aromatic nitrogens is 2. The Morgan fingerprint density at radius 2 is 1.08 bits per heavy atom. The fraction of sp³-hybridized carbons (Fsp3) is 0.706. The van der Waals surface area contributed by atoms with Crippen LogP contribution in [0.25, 0.3) is 11.4 Å². The number of benzene rings is 1. The lowest BCUT2D eigenvalue weighted by atomic mass is 10.0. The molecule has 0 aliphatic rings. The highest BCUT2D eigenvalue weighted by Crippen LogP contribution is 2.27. The van der Waals surface area contributed by atoms with Crippen molar-refractivity contribution in [2.45, 2.75) is 155 Å². The topological polar surface area (TPSA) is 35.0 Å². The fourth-order valence-corrected chi connectivity index (χ4v) is 4.99. The Bertz CT molecular complexity index is 819. The molecular formula is C34H55FN2O. The Balaban J connectivity index is 1.63. The Morgan fingerprint density at radius 3 is 1.58 bits per heavy atom. The molecule has 0 aliphatic heterocycles. The summed E-state index contributed by atoms with van der Waals surface area (Å²) < 4.78 is 20.6. The monoisotopic (exact) mass is 526 g/mol. The summed E-state index contributed by atoms with van der Waals surface area (Å²) in [5, 5.41) is 0. The number of alkyl halides is 1. The first-order valence-corrected chi connectivity index (χ1v) is 15.8. The maximum Gasteiger partial charge on any atom is 0.245 e. The van der Waals surface area contributed by atoms with E-state index < -0.39 is 5.85 Å². The lowest BCUT2D eigenvalue weighted by Crippen LogP contribution is -2.26. The van der Waals surface area contributed by atoms with E-state index in [-0.39, 0.29) is 0 Å². The minimum absolute atomic E-state index is 0.424. The third-order valence-corrected chi connectivity index (χ3v) is 7.44. The van der Waals surface area contributed by atoms with E-state index in [1.54, 1.807) is 6.92 Å². The average molecular weight is 527 g/mol. The van der Waals surface area contributed by atoms with Crippen molar-refractivity contribution in [1.82, 2.24) is 9.97 Å². The highest BCUT2D eigenvalue weighted by molar-refractivity contribution is 5.55. The maximum atomic E-state index is 14.9. The van der Waals surface area contributed by atoms with Gasteiger partial charge < -0.3 is 4.74 Å². The highest BCUT2D eigenvalue weighted by Gasteiger charge is 2.24. The van der Waals surface area contributed by atoms with Crippen molar-refractivity contribution in [1.29, 1.82) is 0 Å². The Kier molecular flexibility index (Phi) is 17.0. The lowest BCUT2D eigenvalue weighted by Gasteiger charge is -2.22. The molecule has 0 fully saturated rings. The third kappa shape index (κ3) is 14.8. The van der Waals surface area contributed by atoms with Crippen molar-refractivity contribution < 1.29 is 9.13 Å². The van der Waals surface area contributed by atoms with Gasteiger partial charge in [-0.05, 0) is 49.1 Å². The van der Waals surface area contributed by atoms with E-state index in [0.29, 0.717) is 18.0 Å². The predicted octanol–water partition coefficient (Wildman–Crippen LogP) is 11.2. The predicted molar refractivity (Wildman–Crippen MR) is 160 cm³/mol. The Labute approximate surface area is 233 Å². The van der Waals surface area contributed by atoms with Crippen LogP contribution in [0.2, 0.25) is 0 Å². The summed E-state index contributed by atoms with van der Waals surface area (Å²) in [7, 11) is 0. The normalized spacial score (nSPS) is 12.9. The van der Waals surface area contributed by atoms with Gasteiger partial charge in [-0.1, -0.05) is 117 Å². The smallest absolute Gasteiger partial charge is 0.245 e. The van der Waals surface area contributed by atoms with Crippen LogP contribution in [0.4, 0.5) is 4.39 Å². The van der Waals surface area contributed by atoms with E-state index in [0.717, 1.165) is 24.8 Å². The molecule has 2 aromatic rings. The molecule has 214 valence electrons. The van der Waals surface area contributed by atoms with Crippen LogP contribution in [0.15, 0.2) is 36.7 Å². The van der Waals surface area contributed by atoms with Gasteiger partial charge in [0.25, 0.3) is 0 Å². The van der Waals surface area contributed by atoms with Gasteiger partial charge in [0.1, 0.15) is 5.75 Å². The molecule has 0 radical (unpaired) electrons. The summed E-state index contributed by atoms with van der Waals surface area (Å²) in [5.41, 5.74) is 2.12. The minimum atomic E-state index is -1.64. The van der Waals surface area contributed by atoms with Crippen LogP contribution in [0, 0.1) is 0 Å². The number of halogens is 1. The van der Waals surface area contributed by atoms with Crippen LogP contribution in [-0.2, 0) is 6.42 Å². The van der Waals surface area contributed by atoms with Crippen molar-refractivity contribution in [2.75, 3.05) is 0 Å². The molecule has 2 rings (SSSR count). The molecule has 1 aromatic carbocycles. The van der Waals surface area contributed by atoms with Gasteiger partial charge in [-0.2, -0.15) is 4.39 Å². The van der Waals surface area contributed by atoms with Crippen LogP contribution in [0.5, 0.6) is 5.75 Å². The van der Waals surface area contributed by atoms with Crippen LogP contribution < -0.4 is 4.74 Å². The van der Waals surface area contributed by atoms with Crippen molar-refractivity contribution in [3.8, 4) is 17.1 Å². The minimum Gasteiger partial charge on any atom is -0.458 e. The first kappa shape index (κ1) is 32.2. The summed E-state index contributed by atoms with van der Waals surface area (Å²) in [4.78, 5) is 9.14. The van der Waals surface area contributed by atoms with Gasteiger partial charge in [0.15, 0.2) is 5.82 Å². The summed E-state index contributed by atoms with van der Waals surface area (Å²) >= 11 is 0. The van der Waals surface area contributed by atoms with Crippen molar-refractivity contribution in [3.05, 3.63) is 42.2 Å². The Hall–Kier alpha value is -1.97. The molecule has 1 aromatic heterocycles. The number of hydrogen-bond donors (Lipinski definition) is 0. The van der Waals surface area contributed by atoms with Gasteiger partial charge in [-0.3, -0.25) is 0 Å². The lowest BCUT2D eigenvalue weighted by molar-refractivity contribution is -0.0530. The van der Waals surface area contributed by atoms with Crippen LogP contribution in [0.3, 0.4) is 0 Å². The molecule has 0 N–H and O–H groups in total. The molecule has 1 atom stereocenters. The SMILES string of the molecule is CCCCCCCCCCCCc1cnc(-c2ccc(OC(C)(F)CCCCCCCCCC)cc2)nc1. The molecular weight excluding hydrogens is 471 g/mol. The van der Waals surface area contributed by atoms with Gasteiger partial charge in [-0.25, -0.2) is 9.97 Å². The second-order valence-electron chi connectivity index (χ2n) is 11.3. The quantitative estimate of drug-likeness (QED) is 0.135. The van der Waals surface area contributed by atoms with E-state index in [9.17, 15) is 4.39 Å². The summed E-state index contributed by atoms with van der Waals surface area (Å²) in [6.45, 7) is 6.05. The molecule has 0 saturated heterocycles. The van der Waals surface area contributed by atoms with E-state index in [1.165, 1.54) is 108 Å². The maximum absolute atomic E-state index is 14.9. The molecule has 0 amide bonds. The molecule has 0 aliphatic carbocycles. The van der Waals surface area contributed by atoms with Gasteiger partial charge in [0, 0.05) is 31.3 Å². The molecule has 0 saturated carbocycles. The zero-order valence-corrected chi connectivity index (χ0v) is 24.8. The number of unbranched alkanes of at least 4 members (excludes halogenated alkanes) is 16. The second-order valence-corrected chi connectivity index (χ2v) is 11.3. The molecule has 3 nitrogen and oxygen atoms in total. The van der Waals surface area contributed by atoms with Crippen molar-refractivity contribution in [2.24, 2.45) is 0 Å². The van der Waals surface area contributed by atoms with Crippen molar-refractivity contribution >= 4 is 0 Å². The first-order chi connectivity index (χ1) is 18.5. The van der Waals surface area contributed by atoms with Gasteiger partial charge >= 0.3 is 0 Å². The number of ether oxygens (including phenoxy) is 1. The van der Waals surface area contributed by atoms with E-state index in [2.05, 4.69) is 23.8 Å². The summed E-state index contributed by atoms with van der Waals surface area (Å²) in [6, 6.07) is 7.47. The van der Waals surface area contributed by atoms with Crippen molar-refractivity contribution in [3.63, 3.8) is 0 Å². The average Bonchev–Trinajstić information content (AvgIpc) is 2.92. The largest absolute Gasteiger partial charge is 0.458 e. The Morgan fingerprint density at radius 1 is 0.632 bits per heavy atom. The number of hydrogen-bond acceptors (Lipinski definition) is 3. The fourth-order valence-electron chi connectivity index (χ4n) is 4.99. The standard InChI is InChI=1S/C34H55FN2O/c1-4-6-8-10-12-14-15-16-18-20-22-30-28-36-33(37-29-30)31-23-25-32(26-24-31)38-34(3,35)27-21-19-17-13-11-9-7-5-2/h23-26,28-29H,4-22,27H2,1-3H3. The highest BCUT2D eigenvalue weighted by atomic mass is 19.2. The number of aryl methyl sites for hydroxylation is 1. The first-order valence-electron chi connectivity index (χ1n) is 15.8. The zero-order chi connectivity index (χ0) is 27.3. The zero-order valence-electron chi connectivity index (χ0n) is 24.8. The van der Waals surface area contributed by atoms with Gasteiger partial charge in [0.05, 0.1) is 0 Å².